The Morgan fingerprint density at radius 1 is 1.00 bits per heavy atom. The summed E-state index contributed by atoms with van der Waals surface area (Å²) in [5, 5.41) is 4.55. The molecule has 0 radical (unpaired) electrons. The molecule has 3 aromatic rings. The predicted molar refractivity (Wildman–Crippen MR) is 99.8 cm³/mol. The van der Waals surface area contributed by atoms with E-state index in [9.17, 15) is 4.39 Å². The normalized spacial score (nSPS) is 10.8. The number of hydrogen-bond acceptors (Lipinski definition) is 3. The van der Waals surface area contributed by atoms with Crippen molar-refractivity contribution in [2.24, 2.45) is 5.10 Å². The van der Waals surface area contributed by atoms with Crippen molar-refractivity contribution in [2.75, 3.05) is 5.43 Å². The Bertz CT molecular complexity index is 869. The van der Waals surface area contributed by atoms with Gasteiger partial charge in [0.1, 0.15) is 18.2 Å². The maximum Gasteiger partial charge on any atom is 0.124 e. The van der Waals surface area contributed by atoms with Crippen molar-refractivity contribution < 1.29 is 9.13 Å². The number of hydrogen-bond donors (Lipinski definition) is 1. The molecule has 0 heterocycles. The van der Waals surface area contributed by atoms with Gasteiger partial charge in [-0.2, -0.15) is 5.10 Å². The van der Waals surface area contributed by atoms with E-state index in [-0.39, 0.29) is 12.4 Å². The topological polar surface area (TPSA) is 33.6 Å². The van der Waals surface area contributed by atoms with Crippen molar-refractivity contribution in [1.29, 1.82) is 0 Å². The molecule has 0 saturated heterocycles. The summed E-state index contributed by atoms with van der Waals surface area (Å²) in [5.74, 6) is 0.321. The van der Waals surface area contributed by atoms with Gasteiger partial charge in [-0.3, -0.25) is 5.43 Å². The number of halogens is 2. The number of para-hydroxylation sites is 1. The van der Waals surface area contributed by atoms with Crippen LogP contribution in [0.15, 0.2) is 77.9 Å². The summed E-state index contributed by atoms with van der Waals surface area (Å²) in [6, 6.07) is 21.5. The summed E-state index contributed by atoms with van der Waals surface area (Å²) in [7, 11) is 0. The molecule has 1 N–H and O–H groups in total. The van der Waals surface area contributed by atoms with Gasteiger partial charge in [-0.15, -0.1) is 0 Å². The molecule has 0 fully saturated rings. The van der Waals surface area contributed by atoms with Gasteiger partial charge in [-0.1, -0.05) is 48.0 Å². The smallest absolute Gasteiger partial charge is 0.124 e. The Labute approximate surface area is 150 Å². The zero-order valence-electron chi connectivity index (χ0n) is 13.3. The van der Waals surface area contributed by atoms with Gasteiger partial charge in [-0.05, 0) is 42.0 Å². The number of benzene rings is 3. The fourth-order valence-electron chi connectivity index (χ4n) is 2.18. The van der Waals surface area contributed by atoms with Crippen LogP contribution >= 0.6 is 11.6 Å². The van der Waals surface area contributed by atoms with Crippen molar-refractivity contribution in [3.8, 4) is 5.75 Å². The fraction of sp³-hybridized carbons (Fsp3) is 0.0500. The highest BCUT2D eigenvalue weighted by atomic mass is 35.5. The first-order valence-electron chi connectivity index (χ1n) is 7.71. The number of rotatable bonds is 6. The van der Waals surface area contributed by atoms with Crippen molar-refractivity contribution >= 4 is 23.5 Å². The first-order chi connectivity index (χ1) is 12.2. The standard InChI is InChI=1S/C20H16ClFN2O/c21-20-12-17(22)10-9-16(20)14-25-19-8-4-5-15(11-19)13-23-24-18-6-2-1-3-7-18/h1-13,24H,14H2. The summed E-state index contributed by atoms with van der Waals surface area (Å²) >= 11 is 6.00. The Morgan fingerprint density at radius 2 is 1.84 bits per heavy atom. The Balaban J connectivity index is 1.61. The van der Waals surface area contributed by atoms with Crippen LogP contribution in [0.4, 0.5) is 10.1 Å². The molecule has 0 spiro atoms. The van der Waals surface area contributed by atoms with Crippen LogP contribution < -0.4 is 10.2 Å². The molecule has 5 heteroatoms. The second-order valence-corrected chi connectivity index (χ2v) is 5.74. The van der Waals surface area contributed by atoms with Crippen molar-refractivity contribution in [1.82, 2.24) is 0 Å². The van der Waals surface area contributed by atoms with Gasteiger partial charge in [-0.25, -0.2) is 4.39 Å². The fourth-order valence-corrected chi connectivity index (χ4v) is 2.40. The molecule has 0 amide bonds. The van der Waals surface area contributed by atoms with Crippen LogP contribution in [0.25, 0.3) is 0 Å². The number of nitrogens with one attached hydrogen (secondary N) is 1. The molecule has 25 heavy (non-hydrogen) atoms. The Morgan fingerprint density at radius 3 is 2.64 bits per heavy atom. The van der Waals surface area contributed by atoms with Gasteiger partial charge in [0.2, 0.25) is 0 Å². The molecular formula is C20H16ClFN2O. The lowest BCUT2D eigenvalue weighted by Gasteiger charge is -2.08. The van der Waals surface area contributed by atoms with E-state index in [1.807, 2.05) is 54.6 Å². The Kier molecular flexibility index (Phi) is 5.65. The monoisotopic (exact) mass is 354 g/mol. The second kappa shape index (κ2) is 8.31. The van der Waals surface area contributed by atoms with Crippen molar-refractivity contribution in [3.63, 3.8) is 0 Å². The second-order valence-electron chi connectivity index (χ2n) is 5.33. The van der Waals surface area contributed by atoms with E-state index >= 15 is 0 Å². The first kappa shape index (κ1) is 17.0. The minimum absolute atomic E-state index is 0.266. The van der Waals surface area contributed by atoms with Gasteiger partial charge in [0.05, 0.1) is 16.9 Å². The van der Waals surface area contributed by atoms with Gasteiger partial charge in [0, 0.05) is 5.56 Å². The van der Waals surface area contributed by atoms with Crippen LogP contribution in [0.1, 0.15) is 11.1 Å². The largest absolute Gasteiger partial charge is 0.489 e. The lowest BCUT2D eigenvalue weighted by Crippen LogP contribution is -1.97. The van der Waals surface area contributed by atoms with Gasteiger partial charge in [0.15, 0.2) is 0 Å². The summed E-state index contributed by atoms with van der Waals surface area (Å²) in [5.41, 5.74) is 5.50. The van der Waals surface area contributed by atoms with Crippen LogP contribution in [0.5, 0.6) is 5.75 Å². The third kappa shape index (κ3) is 5.06. The van der Waals surface area contributed by atoms with Gasteiger partial charge >= 0.3 is 0 Å². The van der Waals surface area contributed by atoms with Crippen molar-refractivity contribution in [3.05, 3.63) is 94.8 Å². The van der Waals surface area contributed by atoms with E-state index in [0.29, 0.717) is 10.8 Å². The molecule has 0 unspecified atom stereocenters. The molecular weight excluding hydrogens is 339 g/mol. The molecule has 0 aliphatic heterocycles. The predicted octanol–water partition coefficient (Wildman–Crippen LogP) is 5.50. The van der Waals surface area contributed by atoms with Gasteiger partial charge < -0.3 is 4.74 Å². The minimum atomic E-state index is -0.363. The highest BCUT2D eigenvalue weighted by Crippen LogP contribution is 2.20. The van der Waals surface area contributed by atoms with Crippen LogP contribution in [0, 0.1) is 5.82 Å². The Hall–Kier alpha value is -2.85. The maximum absolute atomic E-state index is 13.1. The van der Waals surface area contributed by atoms with E-state index in [0.717, 1.165) is 16.8 Å². The van der Waals surface area contributed by atoms with E-state index in [2.05, 4.69) is 10.5 Å². The summed E-state index contributed by atoms with van der Waals surface area (Å²) in [6.45, 7) is 0.266. The first-order valence-corrected chi connectivity index (χ1v) is 8.09. The summed E-state index contributed by atoms with van der Waals surface area (Å²) in [6.07, 6.45) is 1.71. The molecule has 3 rings (SSSR count). The molecule has 0 aliphatic rings. The van der Waals surface area contributed by atoms with E-state index in [1.54, 1.807) is 12.3 Å². The number of anilines is 1. The molecule has 0 saturated carbocycles. The zero-order valence-corrected chi connectivity index (χ0v) is 14.1. The average Bonchev–Trinajstić information content (AvgIpc) is 2.62. The molecule has 3 aromatic carbocycles. The highest BCUT2D eigenvalue weighted by Gasteiger charge is 2.03. The van der Waals surface area contributed by atoms with Crippen LogP contribution in [-0.2, 0) is 6.61 Å². The number of nitrogens with zero attached hydrogens (tertiary/aromatic N) is 1. The van der Waals surface area contributed by atoms with Gasteiger partial charge in [0.25, 0.3) is 0 Å². The number of ether oxygens (including phenoxy) is 1. The lowest BCUT2D eigenvalue weighted by atomic mass is 10.2. The molecule has 0 atom stereocenters. The summed E-state index contributed by atoms with van der Waals surface area (Å²) < 4.78 is 18.8. The molecule has 0 bridgehead atoms. The summed E-state index contributed by atoms with van der Waals surface area (Å²) in [4.78, 5) is 0. The van der Waals surface area contributed by atoms with Crippen LogP contribution in [0.2, 0.25) is 5.02 Å². The SMILES string of the molecule is Fc1ccc(COc2cccc(C=NNc3ccccc3)c2)c(Cl)c1. The van der Waals surface area contributed by atoms with E-state index < -0.39 is 0 Å². The van der Waals surface area contributed by atoms with Crippen molar-refractivity contribution in [2.45, 2.75) is 6.61 Å². The molecule has 0 aromatic heterocycles. The molecule has 0 aliphatic carbocycles. The minimum Gasteiger partial charge on any atom is -0.489 e. The average molecular weight is 355 g/mol. The molecule has 3 nitrogen and oxygen atoms in total. The van der Waals surface area contributed by atoms with Crippen LogP contribution in [-0.4, -0.2) is 6.21 Å². The lowest BCUT2D eigenvalue weighted by molar-refractivity contribution is 0.306. The van der Waals surface area contributed by atoms with E-state index in [1.165, 1.54) is 12.1 Å². The van der Waals surface area contributed by atoms with Crippen LogP contribution in [0.3, 0.4) is 0 Å². The highest BCUT2D eigenvalue weighted by molar-refractivity contribution is 6.31. The molecule has 126 valence electrons. The number of hydrazone groups is 1. The zero-order chi connectivity index (χ0) is 17.5. The quantitative estimate of drug-likeness (QED) is 0.468. The third-order valence-electron chi connectivity index (χ3n) is 3.45. The van der Waals surface area contributed by atoms with E-state index in [4.69, 9.17) is 16.3 Å². The maximum atomic E-state index is 13.1. The third-order valence-corrected chi connectivity index (χ3v) is 3.80.